The molecule has 1 N–H and O–H groups in total. The van der Waals surface area contributed by atoms with Gasteiger partial charge in [-0.15, -0.1) is 0 Å². The first kappa shape index (κ1) is 15.7. The van der Waals surface area contributed by atoms with Gasteiger partial charge >= 0.3 is 5.97 Å². The van der Waals surface area contributed by atoms with Gasteiger partial charge in [-0.05, 0) is 50.2 Å². The molecule has 0 bridgehead atoms. The monoisotopic (exact) mass is 322 g/mol. The van der Waals surface area contributed by atoms with Gasteiger partial charge in [-0.3, -0.25) is 4.79 Å². The van der Waals surface area contributed by atoms with Crippen LogP contribution < -0.4 is 4.74 Å². The maximum atomic E-state index is 12.1. The maximum Gasteiger partial charge on any atom is 0.314 e. The molecule has 2 saturated carbocycles. The van der Waals surface area contributed by atoms with E-state index in [4.69, 9.17) is 16.3 Å². The third-order valence-electron chi connectivity index (χ3n) is 4.98. The predicted octanol–water partition coefficient (Wildman–Crippen LogP) is 4.72. The summed E-state index contributed by atoms with van der Waals surface area (Å²) < 4.78 is 5.98. The van der Waals surface area contributed by atoms with E-state index in [0.717, 1.165) is 30.4 Å². The summed E-state index contributed by atoms with van der Waals surface area (Å²) in [5, 5.41) is 10.5. The lowest BCUT2D eigenvalue weighted by atomic mass is 9.69. The van der Waals surface area contributed by atoms with Crippen LogP contribution in [0.2, 0.25) is 5.02 Å². The zero-order valence-corrected chi connectivity index (χ0v) is 13.8. The number of hydrogen-bond donors (Lipinski definition) is 1. The average Bonchev–Trinajstić information content (AvgIpc) is 3.30. The van der Waals surface area contributed by atoms with Crippen LogP contribution in [-0.2, 0) is 10.2 Å². The Morgan fingerprint density at radius 2 is 2.00 bits per heavy atom. The minimum absolute atomic E-state index is 0.543. The van der Waals surface area contributed by atoms with E-state index in [2.05, 4.69) is 0 Å². The molecule has 2 fully saturated rings. The number of carboxylic acid groups (broad SMARTS) is 1. The molecule has 0 unspecified atom stereocenters. The Morgan fingerprint density at radius 3 is 2.59 bits per heavy atom. The number of benzene rings is 1. The highest BCUT2D eigenvalue weighted by Crippen LogP contribution is 2.47. The van der Waals surface area contributed by atoms with Crippen molar-refractivity contribution in [2.45, 2.75) is 57.3 Å². The van der Waals surface area contributed by atoms with Gasteiger partial charge in [-0.2, -0.15) is 0 Å². The Labute approximate surface area is 136 Å². The first-order valence-electron chi connectivity index (χ1n) is 8.20. The minimum atomic E-state index is -0.840. The summed E-state index contributed by atoms with van der Waals surface area (Å²) in [4.78, 5) is 12.1. The summed E-state index contributed by atoms with van der Waals surface area (Å²) in [5.41, 5.74) is 0.933. The van der Waals surface area contributed by atoms with Crippen LogP contribution >= 0.6 is 11.6 Å². The maximum absolute atomic E-state index is 12.1. The van der Waals surface area contributed by atoms with E-state index >= 15 is 0 Å². The van der Waals surface area contributed by atoms with Crippen molar-refractivity contribution in [3.05, 3.63) is 28.3 Å². The second kappa shape index (κ2) is 6.11. The summed E-state index contributed by atoms with van der Waals surface area (Å²) >= 11 is 6.41. The number of ether oxygens (including phenoxy) is 1. The Morgan fingerprint density at radius 1 is 1.32 bits per heavy atom. The molecule has 22 heavy (non-hydrogen) atoms. The van der Waals surface area contributed by atoms with Crippen molar-refractivity contribution in [3.63, 3.8) is 0 Å². The van der Waals surface area contributed by atoms with Gasteiger partial charge in [0, 0.05) is 5.56 Å². The molecule has 2 aliphatic carbocycles. The van der Waals surface area contributed by atoms with E-state index in [9.17, 15) is 9.90 Å². The largest absolute Gasteiger partial charge is 0.491 e. The van der Waals surface area contributed by atoms with Crippen molar-refractivity contribution in [2.24, 2.45) is 5.92 Å². The van der Waals surface area contributed by atoms with Crippen LogP contribution in [0.15, 0.2) is 12.1 Å². The number of hydrogen-bond acceptors (Lipinski definition) is 2. The van der Waals surface area contributed by atoms with Gasteiger partial charge in [0.2, 0.25) is 0 Å². The summed E-state index contributed by atoms with van der Waals surface area (Å²) in [6.07, 6.45) is 6.72. The Hall–Kier alpha value is -1.22. The molecule has 2 aliphatic rings. The van der Waals surface area contributed by atoms with E-state index in [-0.39, 0.29) is 0 Å². The van der Waals surface area contributed by atoms with Crippen LogP contribution in [0.4, 0.5) is 0 Å². The molecule has 0 radical (unpaired) electrons. The zero-order valence-electron chi connectivity index (χ0n) is 13.0. The first-order valence-corrected chi connectivity index (χ1v) is 8.57. The first-order chi connectivity index (χ1) is 10.5. The van der Waals surface area contributed by atoms with Crippen LogP contribution in [0.25, 0.3) is 0 Å². The van der Waals surface area contributed by atoms with Crippen molar-refractivity contribution in [1.82, 2.24) is 0 Å². The molecule has 0 heterocycles. The predicted molar refractivity (Wildman–Crippen MR) is 86.8 cm³/mol. The van der Waals surface area contributed by atoms with Gasteiger partial charge in [-0.25, -0.2) is 0 Å². The lowest BCUT2D eigenvalue weighted by Crippen LogP contribution is -2.38. The lowest BCUT2D eigenvalue weighted by Gasteiger charge is -2.35. The quantitative estimate of drug-likeness (QED) is 0.853. The fraction of sp³-hybridized carbons (Fsp3) is 0.611. The molecule has 0 amide bonds. The van der Waals surface area contributed by atoms with Gasteiger partial charge in [-0.1, -0.05) is 36.9 Å². The number of aliphatic carboxylic acids is 1. The SMILES string of the molecule is Cc1cc(Cl)c(OCC2CC2)c(C2(C(=O)O)CCCCC2)c1. The van der Waals surface area contributed by atoms with Crippen LogP contribution in [0.5, 0.6) is 5.75 Å². The zero-order chi connectivity index (χ0) is 15.7. The fourth-order valence-corrected chi connectivity index (χ4v) is 3.80. The molecule has 1 aromatic rings. The van der Waals surface area contributed by atoms with E-state index in [1.54, 1.807) is 0 Å². The summed E-state index contributed by atoms with van der Waals surface area (Å²) in [7, 11) is 0. The lowest BCUT2D eigenvalue weighted by molar-refractivity contribution is -0.145. The standard InChI is InChI=1S/C18H23ClO3/c1-12-9-14(18(17(20)21)7-3-2-4-8-18)16(15(19)10-12)22-11-13-5-6-13/h9-10,13H,2-8,11H2,1H3,(H,20,21). The Balaban J connectivity index is 2.03. The van der Waals surface area contributed by atoms with Crippen LogP contribution in [0.3, 0.4) is 0 Å². The van der Waals surface area contributed by atoms with Gasteiger partial charge in [0.05, 0.1) is 17.0 Å². The van der Waals surface area contributed by atoms with E-state index in [1.807, 2.05) is 19.1 Å². The highest BCUT2D eigenvalue weighted by atomic mass is 35.5. The second-order valence-electron chi connectivity index (χ2n) is 6.83. The molecule has 120 valence electrons. The molecule has 3 nitrogen and oxygen atoms in total. The van der Waals surface area contributed by atoms with Crippen molar-refractivity contribution in [3.8, 4) is 5.75 Å². The summed E-state index contributed by atoms with van der Waals surface area (Å²) in [6, 6.07) is 3.83. The van der Waals surface area contributed by atoms with E-state index in [1.165, 1.54) is 12.8 Å². The fourth-order valence-electron chi connectivity index (χ4n) is 3.47. The highest BCUT2D eigenvalue weighted by Gasteiger charge is 2.44. The summed E-state index contributed by atoms with van der Waals surface area (Å²) in [6.45, 7) is 2.60. The summed E-state index contributed by atoms with van der Waals surface area (Å²) in [5.74, 6) is 0.464. The van der Waals surface area contributed by atoms with Gasteiger partial charge in [0.15, 0.2) is 0 Å². The van der Waals surface area contributed by atoms with Gasteiger partial charge < -0.3 is 9.84 Å². The number of rotatable bonds is 5. The van der Waals surface area contributed by atoms with Crippen LogP contribution in [0.1, 0.15) is 56.1 Å². The molecule has 0 aliphatic heterocycles. The van der Waals surface area contributed by atoms with Gasteiger partial charge in [0.25, 0.3) is 0 Å². The van der Waals surface area contributed by atoms with Crippen molar-refractivity contribution in [1.29, 1.82) is 0 Å². The molecular formula is C18H23ClO3. The molecule has 0 spiro atoms. The number of halogens is 1. The van der Waals surface area contributed by atoms with Crippen molar-refractivity contribution in [2.75, 3.05) is 6.61 Å². The van der Waals surface area contributed by atoms with Crippen molar-refractivity contribution >= 4 is 17.6 Å². The molecule has 1 aromatic carbocycles. The Kier molecular flexibility index (Phi) is 4.35. The topological polar surface area (TPSA) is 46.5 Å². The smallest absolute Gasteiger partial charge is 0.314 e. The van der Waals surface area contributed by atoms with E-state index < -0.39 is 11.4 Å². The van der Waals surface area contributed by atoms with Crippen molar-refractivity contribution < 1.29 is 14.6 Å². The highest BCUT2D eigenvalue weighted by molar-refractivity contribution is 6.32. The van der Waals surface area contributed by atoms with E-state index in [0.29, 0.717) is 36.1 Å². The molecule has 0 saturated heterocycles. The third kappa shape index (κ3) is 2.96. The molecule has 0 atom stereocenters. The molecule has 4 heteroatoms. The number of carboxylic acids is 1. The molecular weight excluding hydrogens is 300 g/mol. The number of aryl methyl sites for hydroxylation is 1. The Bertz CT molecular complexity index is 572. The minimum Gasteiger partial charge on any atom is -0.491 e. The molecule has 0 aromatic heterocycles. The van der Waals surface area contributed by atoms with Crippen LogP contribution in [-0.4, -0.2) is 17.7 Å². The van der Waals surface area contributed by atoms with Gasteiger partial charge in [0.1, 0.15) is 5.75 Å². The second-order valence-corrected chi connectivity index (χ2v) is 7.23. The third-order valence-corrected chi connectivity index (χ3v) is 5.26. The normalized spacial score (nSPS) is 20.6. The average molecular weight is 323 g/mol. The molecule has 3 rings (SSSR count). The number of carbonyl (C=O) groups is 1. The van der Waals surface area contributed by atoms with Crippen LogP contribution in [0, 0.1) is 12.8 Å².